The van der Waals surface area contributed by atoms with Gasteiger partial charge in [-0.05, 0) is 68.1 Å². The zero-order valence-electron chi connectivity index (χ0n) is 18.5. The first-order valence-electron chi connectivity index (χ1n) is 10.5. The predicted molar refractivity (Wildman–Crippen MR) is 123 cm³/mol. The maximum absolute atomic E-state index is 13.2. The molecule has 0 unspecified atom stereocenters. The molecule has 0 atom stereocenters. The molecule has 0 spiro atoms. The molecule has 0 aliphatic carbocycles. The molecule has 0 radical (unpaired) electrons. The predicted octanol–water partition coefficient (Wildman–Crippen LogP) is 3.60. The third-order valence-electron chi connectivity index (χ3n) is 5.63. The van der Waals surface area contributed by atoms with Crippen molar-refractivity contribution in [2.45, 2.75) is 40.7 Å². The summed E-state index contributed by atoms with van der Waals surface area (Å²) < 4.78 is 3.19. The van der Waals surface area contributed by atoms with E-state index in [-0.39, 0.29) is 16.6 Å². The van der Waals surface area contributed by atoms with Gasteiger partial charge in [-0.2, -0.15) is 10.3 Å². The Morgan fingerprint density at radius 2 is 1.88 bits per heavy atom. The molecule has 7 heteroatoms. The van der Waals surface area contributed by atoms with E-state index in [0.29, 0.717) is 35.2 Å². The minimum Gasteiger partial charge on any atom is -0.309 e. The molecule has 0 bridgehead atoms. The highest BCUT2D eigenvalue weighted by Crippen LogP contribution is 2.14. The van der Waals surface area contributed by atoms with E-state index in [2.05, 4.69) is 11.1 Å². The van der Waals surface area contributed by atoms with Crippen molar-refractivity contribution in [1.82, 2.24) is 14.0 Å². The van der Waals surface area contributed by atoms with Crippen LogP contribution in [0.25, 0.3) is 16.7 Å². The van der Waals surface area contributed by atoms with Crippen molar-refractivity contribution >= 4 is 22.6 Å². The van der Waals surface area contributed by atoms with Gasteiger partial charge in [-0.1, -0.05) is 19.1 Å². The summed E-state index contributed by atoms with van der Waals surface area (Å²) in [4.78, 5) is 35.3. The van der Waals surface area contributed by atoms with E-state index in [1.807, 2.05) is 39.8 Å². The molecule has 3 aromatic heterocycles. The smallest absolute Gasteiger partial charge is 0.279 e. The van der Waals surface area contributed by atoms with Crippen molar-refractivity contribution in [2.24, 2.45) is 4.99 Å². The fourth-order valence-corrected chi connectivity index (χ4v) is 3.76. The van der Waals surface area contributed by atoms with Crippen molar-refractivity contribution in [3.05, 3.63) is 86.3 Å². The molecular weight excluding hydrogens is 402 g/mol. The largest absolute Gasteiger partial charge is 0.309 e. The van der Waals surface area contributed by atoms with Crippen LogP contribution < -0.4 is 11.0 Å². The second-order valence-corrected chi connectivity index (χ2v) is 7.90. The number of aryl methyl sites for hydroxylation is 4. The zero-order valence-corrected chi connectivity index (χ0v) is 18.5. The molecule has 0 saturated heterocycles. The van der Waals surface area contributed by atoms with Gasteiger partial charge in [0.2, 0.25) is 0 Å². The first kappa shape index (κ1) is 21.2. The molecule has 3 heterocycles. The Labute approximate surface area is 184 Å². The minimum atomic E-state index is -0.442. The Bertz CT molecular complexity index is 1570. The summed E-state index contributed by atoms with van der Waals surface area (Å²) in [6.45, 7) is 8.23. The number of nitriles is 1. The molecule has 0 aliphatic heterocycles. The first-order chi connectivity index (χ1) is 15.3. The number of hydrogen-bond donors (Lipinski definition) is 0. The van der Waals surface area contributed by atoms with Crippen molar-refractivity contribution in [1.29, 1.82) is 5.26 Å². The number of nitrogens with zero attached hydrogens (tertiary/aromatic N) is 5. The van der Waals surface area contributed by atoms with Gasteiger partial charge in [-0.15, -0.1) is 0 Å². The molecule has 1 amide bonds. The molecule has 4 aromatic rings. The maximum Gasteiger partial charge on any atom is 0.279 e. The van der Waals surface area contributed by atoms with E-state index in [4.69, 9.17) is 4.98 Å². The first-order valence-corrected chi connectivity index (χ1v) is 10.5. The van der Waals surface area contributed by atoms with E-state index in [0.717, 1.165) is 16.7 Å². The summed E-state index contributed by atoms with van der Waals surface area (Å²) in [5.74, 6) is -0.442. The summed E-state index contributed by atoms with van der Waals surface area (Å²) >= 11 is 0. The molecule has 4 rings (SSSR count). The lowest BCUT2D eigenvalue weighted by Crippen LogP contribution is -2.29. The summed E-state index contributed by atoms with van der Waals surface area (Å²) in [6, 6.07) is 12.7. The Hall–Kier alpha value is -4.05. The van der Waals surface area contributed by atoms with Crippen molar-refractivity contribution in [2.75, 3.05) is 0 Å². The van der Waals surface area contributed by atoms with Gasteiger partial charge in [-0.3, -0.25) is 14.0 Å². The summed E-state index contributed by atoms with van der Waals surface area (Å²) in [7, 11) is 0. The van der Waals surface area contributed by atoms with Crippen LogP contribution in [0.3, 0.4) is 0 Å². The molecule has 160 valence electrons. The van der Waals surface area contributed by atoms with Gasteiger partial charge in [0.05, 0.1) is 10.9 Å². The molecule has 1 aromatic carbocycles. The number of rotatable bonds is 3. The number of aromatic nitrogens is 3. The second kappa shape index (κ2) is 8.23. The van der Waals surface area contributed by atoms with Gasteiger partial charge < -0.3 is 4.57 Å². The van der Waals surface area contributed by atoms with Gasteiger partial charge in [-0.25, -0.2) is 4.98 Å². The maximum atomic E-state index is 13.2. The molecule has 7 nitrogen and oxygen atoms in total. The summed E-state index contributed by atoms with van der Waals surface area (Å²) in [5, 5.41) is 10.1. The topological polar surface area (TPSA) is 92.5 Å². The van der Waals surface area contributed by atoms with Crippen LogP contribution in [-0.4, -0.2) is 19.9 Å². The molecule has 0 aliphatic rings. The van der Waals surface area contributed by atoms with E-state index < -0.39 is 5.91 Å². The van der Waals surface area contributed by atoms with Gasteiger partial charge in [0.25, 0.3) is 11.5 Å². The van der Waals surface area contributed by atoms with Crippen LogP contribution in [0.2, 0.25) is 0 Å². The van der Waals surface area contributed by atoms with Crippen molar-refractivity contribution in [3.63, 3.8) is 0 Å². The van der Waals surface area contributed by atoms with Crippen molar-refractivity contribution in [3.8, 4) is 6.07 Å². The molecule has 0 saturated carbocycles. The number of carbonyl (C=O) groups is 1. The van der Waals surface area contributed by atoms with E-state index in [9.17, 15) is 14.9 Å². The highest BCUT2D eigenvalue weighted by molar-refractivity contribution is 5.95. The van der Waals surface area contributed by atoms with Gasteiger partial charge in [0, 0.05) is 18.3 Å². The highest BCUT2D eigenvalue weighted by Gasteiger charge is 2.16. The lowest BCUT2D eigenvalue weighted by molar-refractivity contribution is 0.0997. The number of pyridine rings is 2. The Balaban J connectivity index is 2.09. The quantitative estimate of drug-likeness (QED) is 0.469. The van der Waals surface area contributed by atoms with Gasteiger partial charge >= 0.3 is 0 Å². The molecule has 0 fully saturated rings. The molecule has 0 N–H and O–H groups in total. The Morgan fingerprint density at radius 3 is 2.56 bits per heavy atom. The van der Waals surface area contributed by atoms with Crippen LogP contribution in [0.4, 0.5) is 0 Å². The average Bonchev–Trinajstić information content (AvgIpc) is 2.78. The number of hydrogen-bond acceptors (Lipinski definition) is 4. The number of carbonyl (C=O) groups excluding carboxylic acids is 1. The highest BCUT2D eigenvalue weighted by atomic mass is 16.1. The average molecular weight is 425 g/mol. The third-order valence-corrected chi connectivity index (χ3v) is 5.63. The fourth-order valence-electron chi connectivity index (χ4n) is 3.76. The van der Waals surface area contributed by atoms with Crippen LogP contribution in [-0.2, 0) is 6.54 Å². The van der Waals surface area contributed by atoms with Crippen LogP contribution >= 0.6 is 0 Å². The fraction of sp³-hybridized carbons (Fsp3) is 0.240. The summed E-state index contributed by atoms with van der Waals surface area (Å²) in [6.07, 6.45) is 2.37. The SMILES string of the molecule is CCCn1c(=NC(=O)c2ccc(C)c(C)c2)c(C#N)cc2c(=O)n3cccc(C)c3nc21. The number of fused-ring (bicyclic) bond motifs is 2. The minimum absolute atomic E-state index is 0.162. The Kier molecular flexibility index (Phi) is 5.45. The van der Waals surface area contributed by atoms with Crippen LogP contribution in [0.5, 0.6) is 0 Å². The number of amides is 1. The molecular formula is C25H23N5O2. The monoisotopic (exact) mass is 425 g/mol. The van der Waals surface area contributed by atoms with Crippen LogP contribution in [0.1, 0.15) is 46.0 Å². The third kappa shape index (κ3) is 3.50. The lowest BCUT2D eigenvalue weighted by Gasteiger charge is -2.13. The Morgan fingerprint density at radius 1 is 1.09 bits per heavy atom. The zero-order chi connectivity index (χ0) is 23.0. The summed E-state index contributed by atoms with van der Waals surface area (Å²) in [5.41, 5.74) is 4.43. The van der Waals surface area contributed by atoms with E-state index in [1.54, 1.807) is 29.0 Å². The van der Waals surface area contributed by atoms with E-state index in [1.165, 1.54) is 10.5 Å². The number of benzene rings is 1. The second-order valence-electron chi connectivity index (χ2n) is 7.90. The van der Waals surface area contributed by atoms with Gasteiger partial charge in [0.15, 0.2) is 5.49 Å². The van der Waals surface area contributed by atoms with Crippen LogP contribution in [0.15, 0.2) is 52.4 Å². The molecule has 32 heavy (non-hydrogen) atoms. The standard InChI is InChI=1S/C25H23N5O2/c1-5-10-29-22(28-24(31)18-9-8-15(2)17(4)12-18)19(14-26)13-20-23(29)27-21-16(3)7-6-11-30(21)25(20)32/h6-9,11-13H,5,10H2,1-4H3. The normalized spacial score (nSPS) is 11.8. The van der Waals surface area contributed by atoms with E-state index >= 15 is 0 Å². The van der Waals surface area contributed by atoms with Gasteiger partial charge in [0.1, 0.15) is 17.4 Å². The van der Waals surface area contributed by atoms with Crippen molar-refractivity contribution < 1.29 is 4.79 Å². The van der Waals surface area contributed by atoms with Crippen LogP contribution in [0, 0.1) is 32.1 Å². The lowest BCUT2D eigenvalue weighted by atomic mass is 10.1.